The van der Waals surface area contributed by atoms with Crippen LogP contribution in [-0.2, 0) is 11.3 Å². The Balaban J connectivity index is 1.31. The van der Waals surface area contributed by atoms with Crippen LogP contribution in [0.3, 0.4) is 0 Å². The van der Waals surface area contributed by atoms with Crippen molar-refractivity contribution in [2.75, 3.05) is 0 Å². The van der Waals surface area contributed by atoms with Gasteiger partial charge in [-0.1, -0.05) is 0 Å². The molecular formula is C21H19N7O. The largest absolute Gasteiger partial charge is 0.272 e. The van der Waals surface area contributed by atoms with Gasteiger partial charge in [-0.2, -0.15) is 20.7 Å². The first-order chi connectivity index (χ1) is 14.1. The lowest BCUT2D eigenvalue weighted by molar-refractivity contribution is -0.148. The number of carbonyl (C=O) groups is 1. The number of pyridine rings is 1. The highest BCUT2D eigenvalue weighted by atomic mass is 16.2. The fraction of sp³-hybridized carbons (Fsp3) is 0.429. The van der Waals surface area contributed by atoms with Gasteiger partial charge >= 0.3 is 0 Å². The van der Waals surface area contributed by atoms with E-state index in [1.807, 2.05) is 4.68 Å². The second kappa shape index (κ2) is 6.52. The molecule has 3 heterocycles. The van der Waals surface area contributed by atoms with E-state index in [-0.39, 0.29) is 17.4 Å². The van der Waals surface area contributed by atoms with E-state index in [1.54, 1.807) is 35.9 Å². The van der Waals surface area contributed by atoms with E-state index < -0.39 is 0 Å². The van der Waals surface area contributed by atoms with Crippen LogP contribution in [0.4, 0.5) is 0 Å². The summed E-state index contributed by atoms with van der Waals surface area (Å²) in [6.07, 6.45) is 11.6. The number of fused-ring (bicyclic) bond motifs is 1. The molecule has 3 fully saturated rings. The van der Waals surface area contributed by atoms with Crippen LogP contribution in [-0.4, -0.2) is 31.9 Å². The number of hydrogen-bond acceptors (Lipinski definition) is 6. The molecule has 2 aromatic rings. The number of hydrazone groups is 1. The van der Waals surface area contributed by atoms with Crippen molar-refractivity contribution in [3.63, 3.8) is 0 Å². The molecule has 0 saturated heterocycles. The van der Waals surface area contributed by atoms with Crippen LogP contribution in [0, 0.1) is 39.9 Å². The molecule has 8 heteroatoms. The third-order valence-electron chi connectivity index (χ3n) is 6.57. The van der Waals surface area contributed by atoms with Gasteiger partial charge in [0.15, 0.2) is 0 Å². The lowest BCUT2D eigenvalue weighted by Crippen LogP contribution is -2.45. The lowest BCUT2D eigenvalue weighted by atomic mass is 9.68. The number of nitriles is 2. The van der Waals surface area contributed by atoms with Crippen LogP contribution in [0.15, 0.2) is 36.0 Å². The van der Waals surface area contributed by atoms with Crippen LogP contribution in [0.1, 0.15) is 48.4 Å². The first-order valence-electron chi connectivity index (χ1n) is 9.75. The molecule has 6 rings (SSSR count). The first-order valence-corrected chi connectivity index (χ1v) is 9.75. The number of rotatable bonds is 4. The summed E-state index contributed by atoms with van der Waals surface area (Å²) < 4.78 is 1.82. The van der Waals surface area contributed by atoms with Crippen LogP contribution in [0.5, 0.6) is 0 Å². The average molecular weight is 385 g/mol. The maximum atomic E-state index is 13.5. The maximum absolute atomic E-state index is 13.5. The van der Waals surface area contributed by atoms with E-state index in [9.17, 15) is 4.79 Å². The monoisotopic (exact) mass is 385 g/mol. The zero-order chi connectivity index (χ0) is 20.0. The van der Waals surface area contributed by atoms with E-state index in [2.05, 4.69) is 27.3 Å². The molecule has 3 aliphatic carbocycles. The molecule has 2 aromatic heterocycles. The summed E-state index contributed by atoms with van der Waals surface area (Å²) >= 11 is 0. The van der Waals surface area contributed by atoms with Gasteiger partial charge in [-0.25, -0.2) is 5.01 Å². The third-order valence-corrected chi connectivity index (χ3v) is 6.57. The third kappa shape index (κ3) is 2.80. The number of carbonyl (C=O) groups excluding carboxylic acids is 1. The molecule has 1 aliphatic heterocycles. The van der Waals surface area contributed by atoms with Gasteiger partial charge in [0, 0.05) is 37.8 Å². The minimum atomic E-state index is -0.346. The second-order valence-electron chi connectivity index (χ2n) is 8.29. The normalized spacial score (nSPS) is 29.3. The summed E-state index contributed by atoms with van der Waals surface area (Å²) in [5.41, 5.74) is 1.54. The number of aromatic nitrogens is 3. The van der Waals surface area contributed by atoms with Gasteiger partial charge in [-0.15, -0.1) is 0 Å². The fourth-order valence-corrected chi connectivity index (χ4v) is 5.18. The van der Waals surface area contributed by atoms with Gasteiger partial charge in [-0.05, 0) is 42.7 Å². The zero-order valence-corrected chi connectivity index (χ0v) is 15.8. The Hall–Kier alpha value is -3.52. The Labute approximate surface area is 168 Å². The van der Waals surface area contributed by atoms with Crippen molar-refractivity contribution < 1.29 is 4.79 Å². The van der Waals surface area contributed by atoms with Gasteiger partial charge in [-0.3, -0.25) is 14.5 Å². The Morgan fingerprint density at radius 2 is 2.00 bits per heavy atom. The first kappa shape index (κ1) is 17.6. The lowest BCUT2D eigenvalue weighted by Gasteiger charge is -2.40. The van der Waals surface area contributed by atoms with Gasteiger partial charge in [0.1, 0.15) is 12.1 Å². The summed E-state index contributed by atoms with van der Waals surface area (Å²) in [6.45, 7) is 0.738. The number of hydrogen-bond donors (Lipinski definition) is 0. The van der Waals surface area contributed by atoms with E-state index in [0.717, 1.165) is 31.4 Å². The zero-order valence-electron chi connectivity index (χ0n) is 15.8. The smallest absolute Gasteiger partial charge is 0.249 e. The van der Waals surface area contributed by atoms with Crippen LogP contribution in [0.2, 0.25) is 0 Å². The quantitative estimate of drug-likeness (QED) is 0.802. The predicted molar refractivity (Wildman–Crippen MR) is 102 cm³/mol. The summed E-state index contributed by atoms with van der Waals surface area (Å²) in [5.74, 6) is 0.983. The average Bonchev–Trinajstić information content (AvgIpc) is 3.49. The molecule has 144 valence electrons. The molecule has 1 unspecified atom stereocenters. The van der Waals surface area contributed by atoms with Gasteiger partial charge in [0.05, 0.1) is 28.8 Å². The van der Waals surface area contributed by atoms with Crippen LogP contribution in [0.25, 0.3) is 0 Å². The fourth-order valence-electron chi connectivity index (χ4n) is 5.18. The van der Waals surface area contributed by atoms with Crippen molar-refractivity contribution in [2.24, 2.45) is 22.4 Å². The summed E-state index contributed by atoms with van der Waals surface area (Å²) in [4.78, 5) is 17.6. The van der Waals surface area contributed by atoms with Crippen molar-refractivity contribution in [1.29, 1.82) is 10.5 Å². The predicted octanol–water partition coefficient (Wildman–Crippen LogP) is 2.40. The molecule has 3 saturated carbocycles. The van der Waals surface area contributed by atoms with Crippen molar-refractivity contribution >= 4 is 12.1 Å². The van der Waals surface area contributed by atoms with Crippen LogP contribution >= 0.6 is 0 Å². The summed E-state index contributed by atoms with van der Waals surface area (Å²) in [5, 5.41) is 28.4. The minimum Gasteiger partial charge on any atom is -0.272 e. The Kier molecular flexibility index (Phi) is 3.95. The highest BCUT2D eigenvalue weighted by Crippen LogP contribution is 2.63. The van der Waals surface area contributed by atoms with Gasteiger partial charge in [0.25, 0.3) is 0 Å². The van der Waals surface area contributed by atoms with E-state index in [1.165, 1.54) is 6.20 Å². The molecule has 1 amide bonds. The van der Waals surface area contributed by atoms with E-state index in [0.29, 0.717) is 29.4 Å². The topological polar surface area (TPSA) is 111 Å². The summed E-state index contributed by atoms with van der Waals surface area (Å²) in [7, 11) is 0. The highest BCUT2D eigenvalue weighted by Gasteiger charge is 2.61. The van der Waals surface area contributed by atoms with Crippen molar-refractivity contribution in [3.05, 3.63) is 47.5 Å². The van der Waals surface area contributed by atoms with Gasteiger partial charge in [0.2, 0.25) is 5.91 Å². The minimum absolute atomic E-state index is 0.0792. The van der Waals surface area contributed by atoms with Crippen molar-refractivity contribution in [3.8, 4) is 12.1 Å². The standard InChI is InChI=1S/C21H19N7O/c22-7-14-3-16(11-24-9-14)19-1-2-25-28(19)20(29)21-4-17(5-21)18(6-21)13-27-12-15(8-23)10-26-27/h2-3,9-12,17-19H,1,4-6,13H2/t17?,18-,19?,21?/m0/s1. The van der Waals surface area contributed by atoms with Crippen LogP contribution < -0.4 is 0 Å². The molecule has 0 spiro atoms. The van der Waals surface area contributed by atoms with E-state index in [4.69, 9.17) is 10.5 Å². The highest BCUT2D eigenvalue weighted by molar-refractivity contribution is 5.86. The molecule has 0 N–H and O–H groups in total. The molecule has 0 aromatic carbocycles. The molecule has 8 nitrogen and oxygen atoms in total. The van der Waals surface area contributed by atoms with Gasteiger partial charge < -0.3 is 0 Å². The van der Waals surface area contributed by atoms with Crippen molar-refractivity contribution in [2.45, 2.75) is 38.3 Å². The molecule has 2 bridgehead atoms. The number of amides is 1. The molecule has 0 radical (unpaired) electrons. The number of nitrogens with zero attached hydrogens (tertiary/aromatic N) is 7. The molecule has 2 atom stereocenters. The summed E-state index contributed by atoms with van der Waals surface area (Å²) in [6, 6.07) is 5.80. The Bertz CT molecular complexity index is 1080. The van der Waals surface area contributed by atoms with E-state index >= 15 is 0 Å². The second-order valence-corrected chi connectivity index (χ2v) is 8.29. The SMILES string of the molecule is N#Cc1cncc(C2CC=NN2C(=O)C23CC(C2)[C@H](Cn2cc(C#N)cn2)C3)c1. The Morgan fingerprint density at radius 3 is 2.76 bits per heavy atom. The molecular weight excluding hydrogens is 366 g/mol. The maximum Gasteiger partial charge on any atom is 0.249 e. The van der Waals surface area contributed by atoms with Crippen molar-refractivity contribution in [1.82, 2.24) is 19.8 Å². The Morgan fingerprint density at radius 1 is 1.17 bits per heavy atom. The molecule has 4 aliphatic rings. The molecule has 29 heavy (non-hydrogen) atoms.